The molecule has 2 aliphatic rings. The van der Waals surface area contributed by atoms with E-state index < -0.39 is 9.84 Å². The molecule has 8 nitrogen and oxygen atoms in total. The number of aromatic nitrogens is 2. The molecule has 1 unspecified atom stereocenters. The number of amides is 1. The average molecular weight is 340 g/mol. The molecule has 1 amide bonds. The first-order chi connectivity index (χ1) is 11.0. The van der Waals surface area contributed by atoms with Crippen molar-refractivity contribution in [3.63, 3.8) is 0 Å². The lowest BCUT2D eigenvalue weighted by atomic mass is 9.99. The third kappa shape index (κ3) is 4.38. The quantitative estimate of drug-likeness (QED) is 0.818. The van der Waals surface area contributed by atoms with Gasteiger partial charge in [0.25, 0.3) is 0 Å². The maximum Gasteiger partial charge on any atom is 0.228 e. The van der Waals surface area contributed by atoms with E-state index in [4.69, 9.17) is 4.74 Å². The highest BCUT2D eigenvalue weighted by Crippen LogP contribution is 2.18. The van der Waals surface area contributed by atoms with Crippen LogP contribution in [0.2, 0.25) is 0 Å². The summed E-state index contributed by atoms with van der Waals surface area (Å²) in [7, 11) is -2.93. The molecule has 0 aliphatic carbocycles. The molecule has 23 heavy (non-hydrogen) atoms. The number of carbonyl (C=O) groups is 1. The van der Waals surface area contributed by atoms with Crippen molar-refractivity contribution in [2.45, 2.75) is 25.3 Å². The SMILES string of the molecule is O=C(Nc1ccc(NC2CCS(=O)(=O)C2)nn1)C1CCOCC1. The van der Waals surface area contributed by atoms with Crippen LogP contribution in [-0.2, 0) is 19.4 Å². The summed E-state index contributed by atoms with van der Waals surface area (Å²) in [5.74, 6) is 1.12. The molecule has 1 atom stereocenters. The molecule has 1 aromatic rings. The molecule has 2 aliphatic heterocycles. The van der Waals surface area contributed by atoms with Crippen LogP contribution < -0.4 is 10.6 Å². The van der Waals surface area contributed by atoms with Crippen molar-refractivity contribution in [3.05, 3.63) is 12.1 Å². The van der Waals surface area contributed by atoms with Gasteiger partial charge in [-0.2, -0.15) is 0 Å². The van der Waals surface area contributed by atoms with Crippen LogP contribution in [0.15, 0.2) is 12.1 Å². The monoisotopic (exact) mass is 340 g/mol. The van der Waals surface area contributed by atoms with Crippen LogP contribution in [-0.4, -0.2) is 55.3 Å². The van der Waals surface area contributed by atoms with Crippen molar-refractivity contribution >= 4 is 27.4 Å². The Hall–Kier alpha value is -1.74. The van der Waals surface area contributed by atoms with Gasteiger partial charge in [0, 0.05) is 25.2 Å². The lowest BCUT2D eigenvalue weighted by Gasteiger charge is -2.20. The molecule has 1 aromatic heterocycles. The van der Waals surface area contributed by atoms with E-state index in [0.29, 0.717) is 31.3 Å². The first kappa shape index (κ1) is 16.1. The number of nitrogens with zero attached hydrogens (tertiary/aromatic N) is 2. The number of hydrogen-bond acceptors (Lipinski definition) is 7. The van der Waals surface area contributed by atoms with Crippen LogP contribution in [0.3, 0.4) is 0 Å². The number of hydrogen-bond donors (Lipinski definition) is 2. The lowest BCUT2D eigenvalue weighted by Crippen LogP contribution is -2.29. The molecule has 3 rings (SSSR count). The molecule has 0 aromatic carbocycles. The number of ether oxygens (including phenoxy) is 1. The van der Waals surface area contributed by atoms with Gasteiger partial charge in [0.2, 0.25) is 5.91 Å². The van der Waals surface area contributed by atoms with Crippen LogP contribution in [0.4, 0.5) is 11.6 Å². The predicted octanol–water partition coefficient (Wildman–Crippen LogP) is 0.441. The van der Waals surface area contributed by atoms with Gasteiger partial charge < -0.3 is 15.4 Å². The first-order valence-electron chi connectivity index (χ1n) is 7.71. The minimum atomic E-state index is -2.93. The Morgan fingerprint density at radius 3 is 2.43 bits per heavy atom. The standard InChI is InChI=1S/C14H20N4O4S/c19-14(10-3-6-22-7-4-10)16-13-2-1-12(17-18-13)15-11-5-8-23(20,21)9-11/h1-2,10-11H,3-9H2,(H,15,17)(H,16,18,19). The Balaban J connectivity index is 1.53. The number of carbonyl (C=O) groups excluding carboxylic acids is 1. The Labute approximate surface area is 134 Å². The van der Waals surface area contributed by atoms with Crippen molar-refractivity contribution in [3.8, 4) is 0 Å². The zero-order valence-corrected chi connectivity index (χ0v) is 13.5. The highest BCUT2D eigenvalue weighted by molar-refractivity contribution is 7.91. The second-order valence-corrected chi connectivity index (χ2v) is 8.15. The minimum absolute atomic E-state index is 0.0490. The molecule has 3 heterocycles. The van der Waals surface area contributed by atoms with Crippen LogP contribution in [0.25, 0.3) is 0 Å². The van der Waals surface area contributed by atoms with E-state index in [1.165, 1.54) is 0 Å². The van der Waals surface area contributed by atoms with Crippen LogP contribution in [0.1, 0.15) is 19.3 Å². The van der Waals surface area contributed by atoms with Crippen molar-refractivity contribution in [1.82, 2.24) is 10.2 Å². The molecular formula is C14H20N4O4S. The summed E-state index contributed by atoms with van der Waals surface area (Å²) in [5, 5.41) is 13.8. The topological polar surface area (TPSA) is 110 Å². The zero-order valence-electron chi connectivity index (χ0n) is 12.7. The van der Waals surface area contributed by atoms with Gasteiger partial charge >= 0.3 is 0 Å². The van der Waals surface area contributed by atoms with Gasteiger partial charge in [-0.05, 0) is 31.4 Å². The van der Waals surface area contributed by atoms with E-state index in [0.717, 1.165) is 12.8 Å². The summed E-state index contributed by atoms with van der Waals surface area (Å²) in [5.41, 5.74) is 0. The van der Waals surface area contributed by atoms with Crippen LogP contribution >= 0.6 is 0 Å². The first-order valence-corrected chi connectivity index (χ1v) is 9.53. The Morgan fingerprint density at radius 2 is 1.83 bits per heavy atom. The molecule has 2 fully saturated rings. The third-order valence-electron chi connectivity index (χ3n) is 4.09. The summed E-state index contributed by atoms with van der Waals surface area (Å²) >= 11 is 0. The molecule has 0 saturated carbocycles. The predicted molar refractivity (Wildman–Crippen MR) is 84.9 cm³/mol. The fourth-order valence-electron chi connectivity index (χ4n) is 2.78. The summed E-state index contributed by atoms with van der Waals surface area (Å²) < 4.78 is 28.1. The summed E-state index contributed by atoms with van der Waals surface area (Å²) in [6.07, 6.45) is 2.01. The molecule has 9 heteroatoms. The number of anilines is 2. The summed E-state index contributed by atoms with van der Waals surface area (Å²) in [4.78, 5) is 12.1. The van der Waals surface area contributed by atoms with E-state index in [2.05, 4.69) is 20.8 Å². The Kier molecular flexibility index (Phi) is 4.76. The largest absolute Gasteiger partial charge is 0.381 e. The normalized spacial score (nSPS) is 24.3. The van der Waals surface area contributed by atoms with E-state index in [1.54, 1.807) is 12.1 Å². The summed E-state index contributed by atoms with van der Waals surface area (Å²) in [6.45, 7) is 1.22. The van der Waals surface area contributed by atoms with Gasteiger partial charge in [0.05, 0.1) is 11.5 Å². The van der Waals surface area contributed by atoms with Crippen molar-refractivity contribution in [2.24, 2.45) is 5.92 Å². The lowest BCUT2D eigenvalue weighted by molar-refractivity contribution is -0.122. The second kappa shape index (κ2) is 6.79. The van der Waals surface area contributed by atoms with E-state index >= 15 is 0 Å². The molecule has 2 N–H and O–H groups in total. The maximum atomic E-state index is 12.1. The van der Waals surface area contributed by atoms with E-state index in [9.17, 15) is 13.2 Å². The average Bonchev–Trinajstić information content (AvgIpc) is 2.89. The zero-order chi connectivity index (χ0) is 16.3. The van der Waals surface area contributed by atoms with E-state index in [1.807, 2.05) is 0 Å². The van der Waals surface area contributed by atoms with Crippen molar-refractivity contribution in [1.29, 1.82) is 0 Å². The fraction of sp³-hybridized carbons (Fsp3) is 0.643. The van der Waals surface area contributed by atoms with Gasteiger partial charge in [-0.15, -0.1) is 10.2 Å². The van der Waals surface area contributed by atoms with Gasteiger partial charge in [0.15, 0.2) is 15.7 Å². The van der Waals surface area contributed by atoms with Gasteiger partial charge in [-0.1, -0.05) is 0 Å². The summed E-state index contributed by atoms with van der Waals surface area (Å²) in [6, 6.07) is 3.23. The number of nitrogens with one attached hydrogen (secondary N) is 2. The number of rotatable bonds is 4. The highest BCUT2D eigenvalue weighted by atomic mass is 32.2. The third-order valence-corrected chi connectivity index (χ3v) is 5.86. The maximum absolute atomic E-state index is 12.1. The Bertz CT molecular complexity index is 656. The van der Waals surface area contributed by atoms with Crippen LogP contribution in [0.5, 0.6) is 0 Å². The Morgan fingerprint density at radius 1 is 1.13 bits per heavy atom. The number of sulfone groups is 1. The van der Waals surface area contributed by atoms with Gasteiger partial charge in [-0.3, -0.25) is 4.79 Å². The second-order valence-electron chi connectivity index (χ2n) is 5.92. The van der Waals surface area contributed by atoms with E-state index in [-0.39, 0.29) is 29.4 Å². The fourth-order valence-corrected chi connectivity index (χ4v) is 4.46. The van der Waals surface area contributed by atoms with Crippen molar-refractivity contribution < 1.29 is 17.9 Å². The molecule has 0 bridgehead atoms. The van der Waals surface area contributed by atoms with Crippen molar-refractivity contribution in [2.75, 3.05) is 35.4 Å². The van der Waals surface area contributed by atoms with Gasteiger partial charge in [-0.25, -0.2) is 8.42 Å². The minimum Gasteiger partial charge on any atom is -0.381 e. The smallest absolute Gasteiger partial charge is 0.228 e. The van der Waals surface area contributed by atoms with Gasteiger partial charge in [0.1, 0.15) is 5.82 Å². The van der Waals surface area contributed by atoms with Crippen LogP contribution in [0, 0.1) is 5.92 Å². The molecule has 0 spiro atoms. The molecule has 0 radical (unpaired) electrons. The highest BCUT2D eigenvalue weighted by Gasteiger charge is 2.28. The molecular weight excluding hydrogens is 320 g/mol. The molecule has 126 valence electrons. The molecule has 2 saturated heterocycles.